The van der Waals surface area contributed by atoms with Crippen LogP contribution in [0.1, 0.15) is 30.4 Å². The average Bonchev–Trinajstić information content (AvgIpc) is 2.85. The highest BCUT2D eigenvalue weighted by Gasteiger charge is 2.18. The summed E-state index contributed by atoms with van der Waals surface area (Å²) in [6, 6.07) is 5.96. The molecule has 0 aliphatic carbocycles. The molecule has 0 saturated carbocycles. The molecule has 1 aromatic carbocycles. The van der Waals surface area contributed by atoms with Gasteiger partial charge in [0.05, 0.1) is 4.90 Å². The van der Waals surface area contributed by atoms with Crippen LogP contribution in [0, 0.1) is 13.8 Å². The van der Waals surface area contributed by atoms with Crippen LogP contribution in [0.15, 0.2) is 23.1 Å². The Morgan fingerprint density at radius 3 is 2.84 bits per heavy atom. The van der Waals surface area contributed by atoms with Crippen molar-refractivity contribution in [3.05, 3.63) is 29.3 Å². The van der Waals surface area contributed by atoms with Gasteiger partial charge in [-0.3, -0.25) is 0 Å². The molecular weight excluding hydrogens is 260 g/mol. The van der Waals surface area contributed by atoms with Gasteiger partial charge >= 0.3 is 0 Å². The van der Waals surface area contributed by atoms with Crippen molar-refractivity contribution in [2.75, 3.05) is 13.1 Å². The second-order valence-corrected chi connectivity index (χ2v) is 6.98. The largest absolute Gasteiger partial charge is 0.314 e. The molecule has 0 amide bonds. The lowest BCUT2D eigenvalue weighted by molar-refractivity contribution is 0.539. The van der Waals surface area contributed by atoms with E-state index < -0.39 is 10.0 Å². The lowest BCUT2D eigenvalue weighted by atomic mass is 10.2. The third-order valence-corrected chi connectivity index (χ3v) is 5.18. The van der Waals surface area contributed by atoms with Gasteiger partial charge in [0.25, 0.3) is 0 Å². The summed E-state index contributed by atoms with van der Waals surface area (Å²) in [6.07, 6.45) is 3.18. The van der Waals surface area contributed by atoms with E-state index in [0.717, 1.165) is 30.5 Å². The quantitative estimate of drug-likeness (QED) is 0.864. The van der Waals surface area contributed by atoms with Gasteiger partial charge in [-0.15, -0.1) is 0 Å². The predicted octanol–water partition coefficient (Wildman–Crippen LogP) is 1.72. The molecule has 1 aromatic rings. The van der Waals surface area contributed by atoms with Crippen molar-refractivity contribution in [3.63, 3.8) is 0 Å². The Labute approximate surface area is 115 Å². The molecule has 2 rings (SSSR count). The van der Waals surface area contributed by atoms with E-state index in [0.29, 0.717) is 17.5 Å². The number of nitrogens with one attached hydrogen (secondary N) is 2. The van der Waals surface area contributed by atoms with Crippen LogP contribution in [-0.4, -0.2) is 27.5 Å². The van der Waals surface area contributed by atoms with Crippen LogP contribution in [0.4, 0.5) is 0 Å². The molecule has 1 aliphatic heterocycles. The number of hydrogen-bond donors (Lipinski definition) is 2. The van der Waals surface area contributed by atoms with Crippen LogP contribution < -0.4 is 10.0 Å². The van der Waals surface area contributed by atoms with Crippen LogP contribution in [0.25, 0.3) is 0 Å². The lowest BCUT2D eigenvalue weighted by Crippen LogP contribution is -2.31. The van der Waals surface area contributed by atoms with Crippen LogP contribution in [-0.2, 0) is 10.0 Å². The minimum Gasteiger partial charge on any atom is -0.314 e. The van der Waals surface area contributed by atoms with E-state index in [-0.39, 0.29) is 0 Å². The SMILES string of the molecule is Cc1ccc(C)c(S(=O)(=O)NCCC2CCCN2)c1. The van der Waals surface area contributed by atoms with Gasteiger partial charge in [0.15, 0.2) is 0 Å². The van der Waals surface area contributed by atoms with E-state index >= 15 is 0 Å². The summed E-state index contributed by atoms with van der Waals surface area (Å²) in [4.78, 5) is 0.395. The smallest absolute Gasteiger partial charge is 0.240 e. The van der Waals surface area contributed by atoms with Gasteiger partial charge in [-0.1, -0.05) is 12.1 Å². The molecule has 1 aliphatic rings. The van der Waals surface area contributed by atoms with Crippen molar-refractivity contribution in [1.82, 2.24) is 10.0 Å². The Kier molecular flexibility index (Phi) is 4.60. The topological polar surface area (TPSA) is 58.2 Å². The summed E-state index contributed by atoms with van der Waals surface area (Å²) in [5, 5.41) is 3.37. The van der Waals surface area contributed by atoms with Crippen LogP contribution in [0.3, 0.4) is 0 Å². The highest BCUT2D eigenvalue weighted by atomic mass is 32.2. The molecule has 0 radical (unpaired) electrons. The van der Waals surface area contributed by atoms with Gasteiger partial charge in [0.1, 0.15) is 0 Å². The Bertz CT molecular complexity index is 534. The number of sulfonamides is 1. The maximum absolute atomic E-state index is 12.2. The van der Waals surface area contributed by atoms with E-state index in [4.69, 9.17) is 0 Å². The lowest BCUT2D eigenvalue weighted by Gasteiger charge is -2.12. The Morgan fingerprint density at radius 1 is 1.37 bits per heavy atom. The molecule has 2 N–H and O–H groups in total. The van der Waals surface area contributed by atoms with Gasteiger partial charge in [-0.25, -0.2) is 13.1 Å². The zero-order chi connectivity index (χ0) is 13.9. The maximum atomic E-state index is 12.2. The predicted molar refractivity (Wildman–Crippen MR) is 76.7 cm³/mol. The van der Waals surface area contributed by atoms with Crippen molar-refractivity contribution in [1.29, 1.82) is 0 Å². The second kappa shape index (κ2) is 6.03. The second-order valence-electron chi connectivity index (χ2n) is 5.25. The van der Waals surface area contributed by atoms with Crippen LogP contribution >= 0.6 is 0 Å². The molecule has 106 valence electrons. The molecule has 5 heteroatoms. The minimum atomic E-state index is -3.38. The first-order chi connectivity index (χ1) is 8.99. The molecule has 1 atom stereocenters. The summed E-state index contributed by atoms with van der Waals surface area (Å²) in [5.74, 6) is 0. The van der Waals surface area contributed by atoms with Crippen LogP contribution in [0.2, 0.25) is 0 Å². The van der Waals surface area contributed by atoms with E-state index in [1.165, 1.54) is 6.42 Å². The molecule has 1 fully saturated rings. The highest BCUT2D eigenvalue weighted by Crippen LogP contribution is 2.16. The normalized spacial score (nSPS) is 19.8. The fraction of sp³-hybridized carbons (Fsp3) is 0.571. The molecular formula is C14H22N2O2S. The summed E-state index contributed by atoms with van der Waals surface area (Å²) in [5.41, 5.74) is 1.75. The van der Waals surface area contributed by atoms with Crippen molar-refractivity contribution < 1.29 is 8.42 Å². The average molecular weight is 282 g/mol. The zero-order valence-electron chi connectivity index (χ0n) is 11.6. The number of aryl methyl sites for hydroxylation is 2. The Balaban J connectivity index is 1.99. The fourth-order valence-corrected chi connectivity index (χ4v) is 3.82. The van der Waals surface area contributed by atoms with E-state index in [1.807, 2.05) is 26.0 Å². The molecule has 1 saturated heterocycles. The Hall–Kier alpha value is -0.910. The van der Waals surface area contributed by atoms with Crippen LogP contribution in [0.5, 0.6) is 0 Å². The third-order valence-electron chi connectivity index (χ3n) is 3.58. The van der Waals surface area contributed by atoms with E-state index in [1.54, 1.807) is 6.07 Å². The van der Waals surface area contributed by atoms with Gasteiger partial charge < -0.3 is 5.32 Å². The van der Waals surface area contributed by atoms with Gasteiger partial charge in [-0.2, -0.15) is 0 Å². The molecule has 1 unspecified atom stereocenters. The first-order valence-corrected chi connectivity index (χ1v) is 8.28. The van der Waals surface area contributed by atoms with Crippen molar-refractivity contribution in [2.45, 2.75) is 44.0 Å². The van der Waals surface area contributed by atoms with Crippen molar-refractivity contribution in [2.24, 2.45) is 0 Å². The van der Waals surface area contributed by atoms with Crippen molar-refractivity contribution in [3.8, 4) is 0 Å². The monoisotopic (exact) mass is 282 g/mol. The van der Waals surface area contributed by atoms with Crippen molar-refractivity contribution >= 4 is 10.0 Å². The van der Waals surface area contributed by atoms with E-state index in [9.17, 15) is 8.42 Å². The highest BCUT2D eigenvalue weighted by molar-refractivity contribution is 7.89. The Morgan fingerprint density at radius 2 is 2.16 bits per heavy atom. The molecule has 4 nitrogen and oxygen atoms in total. The minimum absolute atomic E-state index is 0.395. The number of benzene rings is 1. The summed E-state index contributed by atoms with van der Waals surface area (Å²) >= 11 is 0. The van der Waals surface area contributed by atoms with Gasteiger partial charge in [0.2, 0.25) is 10.0 Å². The molecule has 19 heavy (non-hydrogen) atoms. The third kappa shape index (κ3) is 3.78. The standard InChI is InChI=1S/C14H22N2O2S/c1-11-5-6-12(2)14(10-11)19(17,18)16-9-7-13-4-3-8-15-13/h5-6,10,13,15-16H,3-4,7-9H2,1-2H3. The summed E-state index contributed by atoms with van der Waals surface area (Å²) in [7, 11) is -3.38. The molecule has 0 bridgehead atoms. The molecule has 1 heterocycles. The summed E-state index contributed by atoms with van der Waals surface area (Å²) < 4.78 is 27.2. The number of rotatable bonds is 5. The first kappa shape index (κ1) is 14.5. The number of hydrogen-bond acceptors (Lipinski definition) is 3. The van der Waals surface area contributed by atoms with E-state index in [2.05, 4.69) is 10.0 Å². The molecule has 0 aromatic heterocycles. The molecule has 0 spiro atoms. The zero-order valence-corrected chi connectivity index (χ0v) is 12.4. The first-order valence-electron chi connectivity index (χ1n) is 6.79. The van der Waals surface area contributed by atoms with Gasteiger partial charge in [-0.05, 0) is 56.8 Å². The maximum Gasteiger partial charge on any atom is 0.240 e. The summed E-state index contributed by atoms with van der Waals surface area (Å²) in [6.45, 7) is 5.27. The van der Waals surface area contributed by atoms with Gasteiger partial charge in [0, 0.05) is 12.6 Å². The fourth-order valence-electron chi connectivity index (χ4n) is 2.45.